The van der Waals surface area contributed by atoms with E-state index in [0.29, 0.717) is 25.4 Å². The molecule has 10 nitrogen and oxygen atoms in total. The summed E-state index contributed by atoms with van der Waals surface area (Å²) in [6, 6.07) is 9.91. The number of aromatic nitrogens is 4. The first-order chi connectivity index (χ1) is 22.9. The average Bonchev–Trinajstić information content (AvgIpc) is 3.63. The zero-order valence-electron chi connectivity index (χ0n) is 26.6. The first kappa shape index (κ1) is 31.7. The smallest absolute Gasteiger partial charge is 0.284 e. The number of pyridine rings is 1. The quantitative estimate of drug-likeness (QED) is 0.167. The van der Waals surface area contributed by atoms with Crippen LogP contribution in [0.25, 0.3) is 21.9 Å². The third-order valence-electron chi connectivity index (χ3n) is 10.4. The molecule has 2 amide bonds. The Morgan fingerprint density at radius 1 is 1.02 bits per heavy atom. The van der Waals surface area contributed by atoms with Gasteiger partial charge >= 0.3 is 0 Å². The summed E-state index contributed by atoms with van der Waals surface area (Å²) in [5.41, 5.74) is 8.48. The number of amides is 2. The maximum Gasteiger partial charge on any atom is 0.284 e. The van der Waals surface area contributed by atoms with Crippen LogP contribution >= 0.6 is 0 Å². The van der Waals surface area contributed by atoms with Crippen LogP contribution < -0.4 is 11.1 Å². The fraction of sp³-hybridized carbons (Fsp3) is 0.543. The Kier molecular flexibility index (Phi) is 9.22. The molecule has 2 aliphatic heterocycles. The van der Waals surface area contributed by atoms with Crippen molar-refractivity contribution in [1.29, 1.82) is 0 Å². The molecule has 3 aliphatic rings. The standard InChI is InChI=1S/C35H43F2N7O3/c36-33(37)32-27(38)21-43(41-32)24-10-8-22(9-11-24)20-42-17-14-25(15-18-42)47-19-3-5-23-4-1-7-28-31(23)26-6-2-16-39-34(26)44(28)29-12-13-30(45)40-35(29)46/h1-2,4,6-7,16,21-22,24-25,29,33H,3,5,8-15,17-20,38H2,(H,40,45,46). The van der Waals surface area contributed by atoms with Crippen LogP contribution in [0.3, 0.4) is 0 Å². The molecule has 1 aliphatic carbocycles. The molecule has 1 unspecified atom stereocenters. The van der Waals surface area contributed by atoms with Crippen molar-refractivity contribution in [3.63, 3.8) is 0 Å². The number of carbonyl (C=O) groups excluding carboxylic acids is 2. The minimum atomic E-state index is -2.64. The Hall–Kier alpha value is -3.90. The van der Waals surface area contributed by atoms with E-state index in [1.807, 2.05) is 22.8 Å². The molecule has 3 fully saturated rings. The van der Waals surface area contributed by atoms with Gasteiger partial charge in [0.2, 0.25) is 11.8 Å². The molecule has 4 aromatic rings. The molecule has 3 aromatic heterocycles. The van der Waals surface area contributed by atoms with Crippen LogP contribution in [0.15, 0.2) is 42.7 Å². The number of benzene rings is 1. The highest BCUT2D eigenvalue weighted by molar-refractivity contribution is 6.10. The molecule has 7 rings (SSSR count). The van der Waals surface area contributed by atoms with Gasteiger partial charge in [0.1, 0.15) is 11.7 Å². The lowest BCUT2D eigenvalue weighted by Crippen LogP contribution is -2.41. The number of alkyl halides is 2. The van der Waals surface area contributed by atoms with Crippen LogP contribution in [-0.4, -0.2) is 68.4 Å². The van der Waals surface area contributed by atoms with Crippen molar-refractivity contribution in [2.24, 2.45) is 5.92 Å². The minimum Gasteiger partial charge on any atom is -0.396 e. The number of hydrogen-bond donors (Lipinski definition) is 2. The second kappa shape index (κ2) is 13.7. The molecule has 0 spiro atoms. The number of likely N-dealkylation sites (tertiary alicyclic amines) is 1. The molecule has 2 saturated heterocycles. The first-order valence-electron chi connectivity index (χ1n) is 17.0. The number of nitrogens with zero attached hydrogens (tertiary/aromatic N) is 5. The van der Waals surface area contributed by atoms with E-state index in [1.54, 1.807) is 17.1 Å². The molecule has 5 heterocycles. The molecule has 0 radical (unpaired) electrons. The van der Waals surface area contributed by atoms with Gasteiger partial charge in [-0.05, 0) is 87.5 Å². The normalized spacial score (nSPS) is 23.3. The van der Waals surface area contributed by atoms with Crippen molar-refractivity contribution in [1.82, 2.24) is 29.5 Å². The number of anilines is 1. The van der Waals surface area contributed by atoms with Gasteiger partial charge in [-0.15, -0.1) is 0 Å². The van der Waals surface area contributed by atoms with Gasteiger partial charge in [0.05, 0.1) is 23.3 Å². The van der Waals surface area contributed by atoms with Crippen molar-refractivity contribution in [2.45, 2.75) is 88.8 Å². The Labute approximate surface area is 272 Å². The van der Waals surface area contributed by atoms with Crippen molar-refractivity contribution >= 4 is 39.4 Å². The molecule has 1 saturated carbocycles. The van der Waals surface area contributed by atoms with Gasteiger partial charge in [-0.3, -0.25) is 19.6 Å². The SMILES string of the molecule is Nc1cn(C2CCC(CN3CCC(OCCCc4cccc5c4c4cccnc4n5C4CCC(=O)NC4=O)CC3)CC2)nc1C(F)F. The number of ether oxygens (including phenoxy) is 1. The van der Waals surface area contributed by atoms with E-state index in [2.05, 4.69) is 32.4 Å². The maximum atomic E-state index is 13.1. The largest absolute Gasteiger partial charge is 0.396 e. The van der Waals surface area contributed by atoms with Crippen LogP contribution in [0.4, 0.5) is 14.5 Å². The fourth-order valence-corrected chi connectivity index (χ4v) is 7.95. The number of nitrogens with two attached hydrogens (primary N) is 1. The molecule has 1 aromatic carbocycles. The summed E-state index contributed by atoms with van der Waals surface area (Å²) in [6.07, 6.45) is 9.56. The van der Waals surface area contributed by atoms with Crippen LogP contribution in [0.2, 0.25) is 0 Å². The Bertz CT molecular complexity index is 1740. The van der Waals surface area contributed by atoms with Crippen LogP contribution in [-0.2, 0) is 20.7 Å². The number of nitrogens with one attached hydrogen (secondary N) is 1. The highest BCUT2D eigenvalue weighted by Crippen LogP contribution is 2.37. The molecule has 250 valence electrons. The summed E-state index contributed by atoms with van der Waals surface area (Å²) >= 11 is 0. The van der Waals surface area contributed by atoms with Gasteiger partial charge in [0.15, 0.2) is 5.69 Å². The predicted octanol–water partition coefficient (Wildman–Crippen LogP) is 5.73. The number of aryl methyl sites for hydroxylation is 1. The lowest BCUT2D eigenvalue weighted by Gasteiger charge is -2.36. The van der Waals surface area contributed by atoms with E-state index in [4.69, 9.17) is 10.5 Å². The molecule has 1 atom stereocenters. The molecule has 47 heavy (non-hydrogen) atoms. The monoisotopic (exact) mass is 647 g/mol. The van der Waals surface area contributed by atoms with Crippen LogP contribution in [0, 0.1) is 5.92 Å². The van der Waals surface area contributed by atoms with Gasteiger partial charge in [0, 0.05) is 55.8 Å². The highest BCUT2D eigenvalue weighted by Gasteiger charge is 2.32. The number of rotatable bonds is 10. The second-order valence-electron chi connectivity index (χ2n) is 13.4. The lowest BCUT2D eigenvalue weighted by atomic mass is 9.85. The van der Waals surface area contributed by atoms with Crippen molar-refractivity contribution < 1.29 is 23.1 Å². The number of imide groups is 1. The Morgan fingerprint density at radius 2 is 1.83 bits per heavy atom. The average molecular weight is 648 g/mol. The van der Waals surface area contributed by atoms with E-state index >= 15 is 0 Å². The van der Waals surface area contributed by atoms with Gasteiger partial charge in [-0.2, -0.15) is 5.10 Å². The van der Waals surface area contributed by atoms with Crippen molar-refractivity contribution in [3.8, 4) is 0 Å². The summed E-state index contributed by atoms with van der Waals surface area (Å²) in [4.78, 5) is 31.8. The van der Waals surface area contributed by atoms with E-state index in [0.717, 1.165) is 92.9 Å². The molecule has 3 N–H and O–H groups in total. The van der Waals surface area contributed by atoms with Gasteiger partial charge in [-0.1, -0.05) is 12.1 Å². The summed E-state index contributed by atoms with van der Waals surface area (Å²) < 4.78 is 36.2. The summed E-state index contributed by atoms with van der Waals surface area (Å²) in [6.45, 7) is 3.84. The van der Waals surface area contributed by atoms with E-state index in [1.165, 1.54) is 5.56 Å². The fourth-order valence-electron chi connectivity index (χ4n) is 7.95. The molecule has 0 bridgehead atoms. The maximum absolute atomic E-state index is 13.1. The zero-order valence-corrected chi connectivity index (χ0v) is 26.6. The minimum absolute atomic E-state index is 0.0810. The Morgan fingerprint density at radius 3 is 2.57 bits per heavy atom. The molecular weight excluding hydrogens is 604 g/mol. The van der Waals surface area contributed by atoms with Crippen LogP contribution in [0.1, 0.15) is 87.6 Å². The predicted molar refractivity (Wildman–Crippen MR) is 175 cm³/mol. The van der Waals surface area contributed by atoms with E-state index in [-0.39, 0.29) is 35.3 Å². The number of fused-ring (bicyclic) bond motifs is 3. The van der Waals surface area contributed by atoms with Crippen molar-refractivity contribution in [2.75, 3.05) is 32.0 Å². The zero-order chi connectivity index (χ0) is 32.5. The number of piperidine rings is 2. The van der Waals surface area contributed by atoms with Crippen LogP contribution in [0.5, 0.6) is 0 Å². The molecule has 12 heteroatoms. The van der Waals surface area contributed by atoms with E-state index in [9.17, 15) is 18.4 Å². The van der Waals surface area contributed by atoms with Crippen molar-refractivity contribution in [3.05, 3.63) is 54.0 Å². The lowest BCUT2D eigenvalue weighted by molar-refractivity contribution is -0.135. The number of halogens is 2. The molecular formula is C35H43F2N7O3. The number of hydrogen-bond acceptors (Lipinski definition) is 7. The number of nitrogen functional groups attached to an aromatic ring is 1. The van der Waals surface area contributed by atoms with Gasteiger partial charge in [-0.25, -0.2) is 13.8 Å². The highest BCUT2D eigenvalue weighted by atomic mass is 19.3. The van der Waals surface area contributed by atoms with E-state index < -0.39 is 12.5 Å². The van der Waals surface area contributed by atoms with Gasteiger partial charge in [0.25, 0.3) is 6.43 Å². The number of carbonyl (C=O) groups is 2. The summed E-state index contributed by atoms with van der Waals surface area (Å²) in [5.74, 6) is 0.121. The second-order valence-corrected chi connectivity index (χ2v) is 13.4. The Balaban J connectivity index is 0.885. The first-order valence-corrected chi connectivity index (χ1v) is 17.0. The summed E-state index contributed by atoms with van der Waals surface area (Å²) in [5, 5.41) is 8.71. The third-order valence-corrected chi connectivity index (χ3v) is 10.4. The third kappa shape index (κ3) is 6.62. The van der Waals surface area contributed by atoms with Gasteiger partial charge < -0.3 is 19.9 Å². The topological polar surface area (TPSA) is 120 Å². The summed E-state index contributed by atoms with van der Waals surface area (Å²) in [7, 11) is 0.